The van der Waals surface area contributed by atoms with Crippen LogP contribution in [-0.4, -0.2) is 27.6 Å². The van der Waals surface area contributed by atoms with Crippen molar-refractivity contribution >= 4 is 11.8 Å². The zero-order valence-corrected chi connectivity index (χ0v) is 16.0. The number of ether oxygens (including phenoxy) is 1. The average Bonchev–Trinajstić information content (AvgIpc) is 3.05. The third-order valence-corrected chi connectivity index (χ3v) is 5.05. The maximum absolute atomic E-state index is 5.20. The topological polar surface area (TPSA) is 39.9 Å². The van der Waals surface area contributed by atoms with Gasteiger partial charge in [-0.05, 0) is 37.1 Å². The number of thioether (sulfide) groups is 1. The quantitative estimate of drug-likeness (QED) is 0.425. The fourth-order valence-corrected chi connectivity index (χ4v) is 3.67. The average molecular weight is 366 g/mol. The number of aromatic nitrogens is 3. The smallest absolute Gasteiger partial charge is 0.191 e. The molecule has 0 spiro atoms. The minimum Gasteiger partial charge on any atom is -0.497 e. The molecule has 0 unspecified atom stereocenters. The zero-order chi connectivity index (χ0) is 18.4. The first-order chi connectivity index (χ1) is 12.7. The van der Waals surface area contributed by atoms with E-state index in [1.165, 1.54) is 11.1 Å². The molecular formula is C21H23N3OS. The van der Waals surface area contributed by atoms with E-state index in [4.69, 9.17) is 4.74 Å². The molecule has 0 amide bonds. The molecule has 0 aliphatic heterocycles. The predicted molar refractivity (Wildman–Crippen MR) is 108 cm³/mol. The lowest BCUT2D eigenvalue weighted by molar-refractivity contribution is 0.414. The van der Waals surface area contributed by atoms with Crippen molar-refractivity contribution in [2.24, 2.45) is 0 Å². The first-order valence-corrected chi connectivity index (χ1v) is 9.56. The third kappa shape index (κ3) is 4.35. The Labute approximate surface area is 158 Å². The van der Waals surface area contributed by atoms with Crippen molar-refractivity contribution in [1.29, 1.82) is 0 Å². The van der Waals surface area contributed by atoms with Crippen molar-refractivity contribution in [3.05, 3.63) is 72.3 Å². The van der Waals surface area contributed by atoms with Crippen LogP contribution in [0, 0.1) is 6.92 Å². The van der Waals surface area contributed by atoms with Crippen LogP contribution in [-0.2, 0) is 13.0 Å². The van der Waals surface area contributed by atoms with E-state index in [0.717, 1.165) is 34.5 Å². The molecule has 134 valence electrons. The molecule has 0 aliphatic carbocycles. The van der Waals surface area contributed by atoms with Crippen molar-refractivity contribution in [2.45, 2.75) is 25.0 Å². The highest BCUT2D eigenvalue weighted by Crippen LogP contribution is 2.25. The van der Waals surface area contributed by atoms with Gasteiger partial charge in [0.1, 0.15) is 5.75 Å². The second kappa shape index (κ2) is 8.72. The molecule has 0 aliphatic rings. The fraction of sp³-hybridized carbons (Fsp3) is 0.238. The molecule has 0 saturated heterocycles. The van der Waals surface area contributed by atoms with Crippen molar-refractivity contribution in [1.82, 2.24) is 14.8 Å². The summed E-state index contributed by atoms with van der Waals surface area (Å²) in [4.78, 5) is 0. The van der Waals surface area contributed by atoms with E-state index >= 15 is 0 Å². The highest BCUT2D eigenvalue weighted by Gasteiger charge is 2.13. The van der Waals surface area contributed by atoms with Crippen molar-refractivity contribution in [3.63, 3.8) is 0 Å². The highest BCUT2D eigenvalue weighted by molar-refractivity contribution is 7.99. The van der Waals surface area contributed by atoms with Gasteiger partial charge in [0.2, 0.25) is 0 Å². The van der Waals surface area contributed by atoms with E-state index in [0.29, 0.717) is 6.54 Å². The van der Waals surface area contributed by atoms with Crippen LogP contribution < -0.4 is 4.74 Å². The van der Waals surface area contributed by atoms with Crippen molar-refractivity contribution in [2.75, 3.05) is 12.9 Å². The SMILES string of the molecule is C=CCn1c(SCCc2ccc(OC)cc2)nnc1-c1cccc(C)c1. The van der Waals surface area contributed by atoms with Gasteiger partial charge in [-0.2, -0.15) is 0 Å². The molecule has 3 rings (SSSR count). The van der Waals surface area contributed by atoms with Crippen LogP contribution in [0.25, 0.3) is 11.4 Å². The number of rotatable bonds is 8. The standard InChI is InChI=1S/C21H23N3OS/c1-4-13-24-20(18-7-5-6-16(2)15-18)22-23-21(24)26-14-12-17-8-10-19(25-3)11-9-17/h4-11,15H,1,12-14H2,2-3H3. The monoisotopic (exact) mass is 365 g/mol. The summed E-state index contributed by atoms with van der Waals surface area (Å²) in [7, 11) is 1.68. The van der Waals surface area contributed by atoms with Gasteiger partial charge >= 0.3 is 0 Å². The van der Waals surface area contributed by atoms with Gasteiger partial charge in [-0.3, -0.25) is 4.57 Å². The highest BCUT2D eigenvalue weighted by atomic mass is 32.2. The molecule has 26 heavy (non-hydrogen) atoms. The van der Waals surface area contributed by atoms with Gasteiger partial charge in [0, 0.05) is 17.9 Å². The number of nitrogens with zero attached hydrogens (tertiary/aromatic N) is 3. The molecular weight excluding hydrogens is 342 g/mol. The lowest BCUT2D eigenvalue weighted by Crippen LogP contribution is -2.01. The van der Waals surface area contributed by atoms with Gasteiger partial charge in [-0.25, -0.2) is 0 Å². The molecule has 0 N–H and O–H groups in total. The summed E-state index contributed by atoms with van der Waals surface area (Å²) in [6.07, 6.45) is 2.85. The van der Waals surface area contributed by atoms with Gasteiger partial charge < -0.3 is 4.74 Å². The molecule has 0 radical (unpaired) electrons. The Hall–Kier alpha value is -2.53. The molecule has 0 atom stereocenters. The molecule has 0 fully saturated rings. The number of hydrogen-bond acceptors (Lipinski definition) is 4. The van der Waals surface area contributed by atoms with Crippen LogP contribution in [0.1, 0.15) is 11.1 Å². The van der Waals surface area contributed by atoms with E-state index in [1.54, 1.807) is 18.9 Å². The summed E-state index contributed by atoms with van der Waals surface area (Å²) in [5.41, 5.74) is 3.58. The first kappa shape index (κ1) is 18.3. The summed E-state index contributed by atoms with van der Waals surface area (Å²) >= 11 is 1.72. The van der Waals surface area contributed by atoms with E-state index in [-0.39, 0.29) is 0 Å². The van der Waals surface area contributed by atoms with Crippen molar-refractivity contribution in [3.8, 4) is 17.1 Å². The van der Waals surface area contributed by atoms with Gasteiger partial charge in [-0.1, -0.05) is 53.7 Å². The Bertz CT molecular complexity index is 871. The minimum atomic E-state index is 0.696. The normalized spacial score (nSPS) is 10.7. The van der Waals surface area contributed by atoms with Crippen LogP contribution in [0.4, 0.5) is 0 Å². The van der Waals surface area contributed by atoms with E-state index in [9.17, 15) is 0 Å². The minimum absolute atomic E-state index is 0.696. The summed E-state index contributed by atoms with van der Waals surface area (Å²) in [6.45, 7) is 6.66. The Morgan fingerprint density at radius 3 is 2.65 bits per heavy atom. The van der Waals surface area contributed by atoms with Gasteiger partial charge in [0.15, 0.2) is 11.0 Å². The number of allylic oxidation sites excluding steroid dienone is 1. The second-order valence-corrected chi connectivity index (χ2v) is 7.08. The lowest BCUT2D eigenvalue weighted by atomic mass is 10.1. The summed E-state index contributed by atoms with van der Waals surface area (Å²) < 4.78 is 7.33. The van der Waals surface area contributed by atoms with Gasteiger partial charge in [0.25, 0.3) is 0 Å². The van der Waals surface area contributed by atoms with Crippen LogP contribution in [0.3, 0.4) is 0 Å². The van der Waals surface area contributed by atoms with Gasteiger partial charge in [-0.15, -0.1) is 16.8 Å². The molecule has 2 aromatic carbocycles. The van der Waals surface area contributed by atoms with E-state index in [1.807, 2.05) is 24.3 Å². The maximum atomic E-state index is 5.20. The molecule has 1 aromatic heterocycles. The Morgan fingerprint density at radius 2 is 1.96 bits per heavy atom. The molecule has 0 saturated carbocycles. The number of methoxy groups -OCH3 is 1. The largest absolute Gasteiger partial charge is 0.497 e. The number of hydrogen-bond donors (Lipinski definition) is 0. The van der Waals surface area contributed by atoms with Crippen LogP contribution >= 0.6 is 11.8 Å². The Balaban J connectivity index is 1.72. The Kier molecular flexibility index (Phi) is 6.12. The van der Waals surface area contributed by atoms with E-state index < -0.39 is 0 Å². The molecule has 3 aromatic rings. The van der Waals surface area contributed by atoms with Crippen LogP contribution in [0.15, 0.2) is 66.3 Å². The molecule has 0 bridgehead atoms. The first-order valence-electron chi connectivity index (χ1n) is 8.58. The third-order valence-electron chi connectivity index (χ3n) is 4.09. The predicted octanol–water partition coefficient (Wildman–Crippen LogP) is 4.78. The van der Waals surface area contributed by atoms with Crippen LogP contribution in [0.2, 0.25) is 0 Å². The molecule has 4 nitrogen and oxygen atoms in total. The Morgan fingerprint density at radius 1 is 1.15 bits per heavy atom. The van der Waals surface area contributed by atoms with Crippen LogP contribution in [0.5, 0.6) is 5.75 Å². The van der Waals surface area contributed by atoms with E-state index in [2.05, 4.69) is 58.6 Å². The summed E-state index contributed by atoms with van der Waals surface area (Å²) in [5, 5.41) is 9.76. The van der Waals surface area contributed by atoms with Gasteiger partial charge in [0.05, 0.1) is 7.11 Å². The molecule has 1 heterocycles. The second-order valence-electron chi connectivity index (χ2n) is 6.02. The van der Waals surface area contributed by atoms with Crippen molar-refractivity contribution < 1.29 is 4.74 Å². The summed E-state index contributed by atoms with van der Waals surface area (Å²) in [5.74, 6) is 2.71. The lowest BCUT2D eigenvalue weighted by Gasteiger charge is -2.08. The summed E-state index contributed by atoms with van der Waals surface area (Å²) in [6, 6.07) is 16.5. The number of benzene rings is 2. The maximum Gasteiger partial charge on any atom is 0.191 e. The fourth-order valence-electron chi connectivity index (χ4n) is 2.74. The molecule has 5 heteroatoms. The zero-order valence-electron chi connectivity index (χ0n) is 15.2. The number of aryl methyl sites for hydroxylation is 2.